The summed E-state index contributed by atoms with van der Waals surface area (Å²) in [5.74, 6) is -0.324. The molecule has 1 heterocycles. The summed E-state index contributed by atoms with van der Waals surface area (Å²) in [5.41, 5.74) is 6.03. The van der Waals surface area contributed by atoms with Crippen molar-refractivity contribution in [2.75, 3.05) is 23.1 Å². The first kappa shape index (κ1) is 16.4. The van der Waals surface area contributed by atoms with Crippen molar-refractivity contribution in [3.8, 4) is 0 Å². The predicted octanol–water partition coefficient (Wildman–Crippen LogP) is 4.21. The lowest BCUT2D eigenvalue weighted by Crippen LogP contribution is -2.06. The van der Waals surface area contributed by atoms with Gasteiger partial charge in [-0.2, -0.15) is 0 Å². The largest absolute Gasteiger partial charge is 0.384 e. The van der Waals surface area contributed by atoms with E-state index in [0.29, 0.717) is 22.2 Å². The van der Waals surface area contributed by atoms with Gasteiger partial charge in [0.2, 0.25) is 0 Å². The Balaban J connectivity index is 1.95. The zero-order valence-corrected chi connectivity index (χ0v) is 13.6. The molecule has 0 aliphatic rings. The maximum absolute atomic E-state index is 14.0. The summed E-state index contributed by atoms with van der Waals surface area (Å²) in [5, 5.41) is 6.18. The molecule has 2 aromatic rings. The molecule has 0 amide bonds. The molecule has 0 spiro atoms. The molecule has 0 aliphatic heterocycles. The van der Waals surface area contributed by atoms with E-state index in [9.17, 15) is 4.39 Å². The van der Waals surface area contributed by atoms with E-state index in [0.717, 1.165) is 36.5 Å². The van der Waals surface area contributed by atoms with Crippen LogP contribution in [0.3, 0.4) is 0 Å². The number of nitrogens with two attached hydrogens (primary N) is 1. The number of thiazole rings is 1. The standard InChI is InChI=1S/C13H16ClFN4S2/c14-9-7-12(21-19-13-18-5-6-20-13)10(15)8-11(9)17-4-2-1-3-16/h5-8,17H,1-4,16H2,(H,18,19). The molecule has 1 aromatic heterocycles. The zero-order valence-electron chi connectivity index (χ0n) is 11.2. The van der Waals surface area contributed by atoms with Crippen LogP contribution in [0.2, 0.25) is 5.02 Å². The number of benzene rings is 1. The molecule has 0 atom stereocenters. The van der Waals surface area contributed by atoms with Crippen LogP contribution in [-0.2, 0) is 0 Å². The summed E-state index contributed by atoms with van der Waals surface area (Å²) in [7, 11) is 0. The second kappa shape index (κ2) is 8.43. The van der Waals surface area contributed by atoms with Gasteiger partial charge in [0.15, 0.2) is 5.13 Å². The van der Waals surface area contributed by atoms with Crippen molar-refractivity contribution in [3.63, 3.8) is 0 Å². The number of nitrogens with one attached hydrogen (secondary N) is 2. The van der Waals surface area contributed by atoms with Crippen LogP contribution in [0.25, 0.3) is 0 Å². The average molecular weight is 347 g/mol. The monoisotopic (exact) mass is 346 g/mol. The summed E-state index contributed by atoms with van der Waals surface area (Å²) >= 11 is 8.77. The van der Waals surface area contributed by atoms with Gasteiger partial charge in [0, 0.05) is 18.1 Å². The predicted molar refractivity (Wildman–Crippen MR) is 89.8 cm³/mol. The van der Waals surface area contributed by atoms with Crippen LogP contribution < -0.4 is 15.8 Å². The molecule has 21 heavy (non-hydrogen) atoms. The Labute approximate surface area is 136 Å². The molecule has 0 unspecified atom stereocenters. The summed E-state index contributed by atoms with van der Waals surface area (Å²) in [6.45, 7) is 1.38. The molecular formula is C13H16ClFN4S2. The van der Waals surface area contributed by atoms with Gasteiger partial charge in [-0.3, -0.25) is 0 Å². The first-order valence-corrected chi connectivity index (χ1v) is 8.53. The number of hydrogen-bond donors (Lipinski definition) is 3. The summed E-state index contributed by atoms with van der Waals surface area (Å²) < 4.78 is 17.0. The van der Waals surface area contributed by atoms with Gasteiger partial charge in [0.1, 0.15) is 5.82 Å². The number of nitrogens with zero attached hydrogens (tertiary/aromatic N) is 1. The number of rotatable bonds is 8. The van der Waals surface area contributed by atoms with Crippen molar-refractivity contribution in [3.05, 3.63) is 34.5 Å². The van der Waals surface area contributed by atoms with E-state index >= 15 is 0 Å². The highest BCUT2D eigenvalue weighted by atomic mass is 35.5. The third-order valence-corrected chi connectivity index (χ3v) is 4.61. The fourth-order valence-corrected chi connectivity index (χ4v) is 3.18. The van der Waals surface area contributed by atoms with Crippen molar-refractivity contribution < 1.29 is 4.39 Å². The topological polar surface area (TPSA) is 63.0 Å². The van der Waals surface area contributed by atoms with E-state index in [1.807, 2.05) is 5.38 Å². The zero-order chi connectivity index (χ0) is 15.1. The van der Waals surface area contributed by atoms with Gasteiger partial charge < -0.3 is 15.8 Å². The van der Waals surface area contributed by atoms with Crippen molar-refractivity contribution in [2.24, 2.45) is 5.73 Å². The molecule has 4 nitrogen and oxygen atoms in total. The van der Waals surface area contributed by atoms with Crippen LogP contribution in [0.1, 0.15) is 12.8 Å². The number of unbranched alkanes of at least 4 members (excludes halogenated alkanes) is 1. The first-order valence-electron chi connectivity index (χ1n) is 6.46. The van der Waals surface area contributed by atoms with Gasteiger partial charge in [-0.25, -0.2) is 9.37 Å². The number of hydrogen-bond acceptors (Lipinski definition) is 6. The molecule has 2 rings (SSSR count). The minimum Gasteiger partial charge on any atom is -0.384 e. The van der Waals surface area contributed by atoms with E-state index in [-0.39, 0.29) is 5.82 Å². The van der Waals surface area contributed by atoms with Gasteiger partial charge in [-0.05, 0) is 43.5 Å². The molecule has 0 fully saturated rings. The number of halogens is 2. The molecular weight excluding hydrogens is 331 g/mol. The quantitative estimate of drug-likeness (QED) is 0.493. The summed E-state index contributed by atoms with van der Waals surface area (Å²) in [6.07, 6.45) is 3.54. The normalized spacial score (nSPS) is 10.6. The van der Waals surface area contributed by atoms with Gasteiger partial charge >= 0.3 is 0 Å². The third kappa shape index (κ3) is 5.03. The van der Waals surface area contributed by atoms with Gasteiger partial charge in [-0.1, -0.05) is 11.6 Å². The highest BCUT2D eigenvalue weighted by Crippen LogP contribution is 2.32. The summed E-state index contributed by atoms with van der Waals surface area (Å²) in [4.78, 5) is 4.50. The Hall–Kier alpha value is -1.02. The molecule has 0 bridgehead atoms. The number of aromatic nitrogens is 1. The van der Waals surface area contributed by atoms with Crippen LogP contribution >= 0.6 is 34.9 Å². The molecule has 0 radical (unpaired) electrons. The lowest BCUT2D eigenvalue weighted by atomic mass is 10.2. The highest BCUT2D eigenvalue weighted by Gasteiger charge is 2.10. The van der Waals surface area contributed by atoms with Crippen LogP contribution in [0.5, 0.6) is 0 Å². The van der Waals surface area contributed by atoms with Crippen molar-refractivity contribution in [1.82, 2.24) is 4.98 Å². The van der Waals surface area contributed by atoms with E-state index in [2.05, 4.69) is 15.0 Å². The smallest absolute Gasteiger partial charge is 0.192 e. The van der Waals surface area contributed by atoms with Crippen molar-refractivity contribution >= 4 is 45.7 Å². The van der Waals surface area contributed by atoms with Crippen molar-refractivity contribution in [1.29, 1.82) is 0 Å². The Morgan fingerprint density at radius 2 is 2.24 bits per heavy atom. The lowest BCUT2D eigenvalue weighted by Gasteiger charge is -2.11. The fraction of sp³-hybridized carbons (Fsp3) is 0.308. The van der Waals surface area contributed by atoms with Crippen molar-refractivity contribution in [2.45, 2.75) is 17.7 Å². The molecule has 1 aromatic carbocycles. The Kier molecular flexibility index (Phi) is 6.56. The number of anilines is 2. The van der Waals surface area contributed by atoms with E-state index in [1.165, 1.54) is 17.4 Å². The lowest BCUT2D eigenvalue weighted by molar-refractivity contribution is 0.602. The molecule has 0 saturated heterocycles. The highest BCUT2D eigenvalue weighted by molar-refractivity contribution is 8.00. The Morgan fingerprint density at radius 1 is 1.38 bits per heavy atom. The first-order chi connectivity index (χ1) is 10.2. The minimum absolute atomic E-state index is 0.324. The molecule has 4 N–H and O–H groups in total. The molecule has 8 heteroatoms. The third-order valence-electron chi connectivity index (χ3n) is 2.65. The van der Waals surface area contributed by atoms with Crippen LogP contribution in [0.4, 0.5) is 15.2 Å². The summed E-state index contributed by atoms with van der Waals surface area (Å²) in [6, 6.07) is 3.02. The second-order valence-corrected chi connectivity index (χ2v) is 6.38. The van der Waals surface area contributed by atoms with Gasteiger partial charge in [-0.15, -0.1) is 11.3 Å². The maximum atomic E-state index is 14.0. The van der Waals surface area contributed by atoms with Gasteiger partial charge in [0.25, 0.3) is 0 Å². The second-order valence-electron chi connectivity index (χ2n) is 4.23. The van der Waals surface area contributed by atoms with Crippen LogP contribution in [-0.4, -0.2) is 18.1 Å². The SMILES string of the molecule is NCCCCNc1cc(F)c(SNc2nccs2)cc1Cl. The van der Waals surface area contributed by atoms with Gasteiger partial charge in [0.05, 0.1) is 15.6 Å². The molecule has 0 aliphatic carbocycles. The Morgan fingerprint density at radius 3 is 2.95 bits per heavy atom. The molecule has 0 saturated carbocycles. The van der Waals surface area contributed by atoms with Crippen LogP contribution in [0, 0.1) is 5.82 Å². The molecule has 114 valence electrons. The van der Waals surface area contributed by atoms with Crippen LogP contribution in [0.15, 0.2) is 28.6 Å². The minimum atomic E-state index is -0.324. The van der Waals surface area contributed by atoms with E-state index in [4.69, 9.17) is 17.3 Å². The Bertz CT molecular complexity index is 566. The van der Waals surface area contributed by atoms with E-state index < -0.39 is 0 Å². The van der Waals surface area contributed by atoms with E-state index in [1.54, 1.807) is 12.3 Å². The average Bonchev–Trinajstić information content (AvgIpc) is 2.98. The fourth-order valence-electron chi connectivity index (χ4n) is 1.61. The maximum Gasteiger partial charge on any atom is 0.192 e.